The molecule has 2 unspecified atom stereocenters. The van der Waals surface area contributed by atoms with Gasteiger partial charge in [-0.1, -0.05) is 6.92 Å². The molecule has 0 radical (unpaired) electrons. The van der Waals surface area contributed by atoms with E-state index in [2.05, 4.69) is 24.4 Å². The van der Waals surface area contributed by atoms with Crippen LogP contribution in [-0.4, -0.2) is 27.3 Å². The van der Waals surface area contributed by atoms with Crippen molar-refractivity contribution in [1.29, 1.82) is 0 Å². The van der Waals surface area contributed by atoms with Crippen LogP contribution in [0.2, 0.25) is 0 Å². The quantitative estimate of drug-likeness (QED) is 0.890. The van der Waals surface area contributed by atoms with Crippen LogP contribution in [0.3, 0.4) is 0 Å². The van der Waals surface area contributed by atoms with E-state index in [1.54, 1.807) is 14.2 Å². The Hall–Kier alpha value is -1.22. The normalized spacial score (nSPS) is 27.2. The molecule has 0 bridgehead atoms. The first-order valence-corrected chi connectivity index (χ1v) is 6.52. The molecule has 2 rings (SSSR count). The smallest absolute Gasteiger partial charge is 0.122 e. The minimum atomic E-state index is 0.218. The average Bonchev–Trinajstić information content (AvgIpc) is 2.81. The first-order valence-electron chi connectivity index (χ1n) is 6.52. The van der Waals surface area contributed by atoms with Gasteiger partial charge in [0.1, 0.15) is 11.5 Å². The first-order chi connectivity index (χ1) is 8.61. The summed E-state index contributed by atoms with van der Waals surface area (Å²) in [7, 11) is 5.44. The Morgan fingerprint density at radius 2 is 1.78 bits per heavy atom. The Balaban J connectivity index is 2.32. The van der Waals surface area contributed by atoms with Gasteiger partial charge in [0.15, 0.2) is 0 Å². The van der Waals surface area contributed by atoms with Crippen molar-refractivity contribution >= 4 is 0 Å². The molecule has 0 heterocycles. The SMILES string of the molecule is CNC1CCC(C)(c2cc(OC)cc(OC)c2)C1. The van der Waals surface area contributed by atoms with Gasteiger partial charge in [-0.25, -0.2) is 0 Å². The molecule has 1 aromatic rings. The van der Waals surface area contributed by atoms with E-state index in [-0.39, 0.29) is 5.41 Å². The Morgan fingerprint density at radius 3 is 2.22 bits per heavy atom. The Bertz CT molecular complexity index is 397. The average molecular weight is 249 g/mol. The lowest BCUT2D eigenvalue weighted by molar-refractivity contribution is 0.387. The van der Waals surface area contributed by atoms with Crippen molar-refractivity contribution in [3.63, 3.8) is 0 Å². The predicted molar refractivity (Wildman–Crippen MR) is 73.6 cm³/mol. The number of methoxy groups -OCH3 is 2. The third-order valence-corrected chi connectivity index (χ3v) is 4.20. The number of ether oxygens (including phenoxy) is 2. The number of hydrogen-bond acceptors (Lipinski definition) is 3. The van der Waals surface area contributed by atoms with Crippen LogP contribution >= 0.6 is 0 Å². The lowest BCUT2D eigenvalue weighted by Gasteiger charge is -2.26. The number of benzene rings is 1. The van der Waals surface area contributed by atoms with Crippen LogP contribution in [0.4, 0.5) is 0 Å². The first kappa shape index (κ1) is 13.2. The van der Waals surface area contributed by atoms with Crippen LogP contribution in [0.15, 0.2) is 18.2 Å². The summed E-state index contributed by atoms with van der Waals surface area (Å²) in [5.74, 6) is 1.75. The van der Waals surface area contributed by atoms with E-state index in [1.165, 1.54) is 24.8 Å². The molecule has 1 aromatic carbocycles. The molecule has 100 valence electrons. The van der Waals surface area contributed by atoms with Crippen molar-refractivity contribution in [3.05, 3.63) is 23.8 Å². The van der Waals surface area contributed by atoms with Crippen molar-refractivity contribution < 1.29 is 9.47 Å². The molecule has 1 saturated carbocycles. The second-order valence-corrected chi connectivity index (χ2v) is 5.39. The highest BCUT2D eigenvalue weighted by Gasteiger charge is 2.36. The minimum Gasteiger partial charge on any atom is -0.497 e. The molecule has 2 atom stereocenters. The highest BCUT2D eigenvalue weighted by Crippen LogP contribution is 2.42. The van der Waals surface area contributed by atoms with Gasteiger partial charge in [-0.15, -0.1) is 0 Å². The molecule has 1 N–H and O–H groups in total. The van der Waals surface area contributed by atoms with E-state index in [0.717, 1.165) is 11.5 Å². The molecule has 3 heteroatoms. The molecule has 0 amide bonds. The maximum absolute atomic E-state index is 5.36. The molecule has 18 heavy (non-hydrogen) atoms. The third-order valence-electron chi connectivity index (χ3n) is 4.20. The zero-order valence-electron chi connectivity index (χ0n) is 11.7. The molecule has 0 aromatic heterocycles. The van der Waals surface area contributed by atoms with Gasteiger partial charge in [-0.3, -0.25) is 0 Å². The predicted octanol–water partition coefficient (Wildman–Crippen LogP) is 2.73. The summed E-state index contributed by atoms with van der Waals surface area (Å²) in [6.07, 6.45) is 3.60. The lowest BCUT2D eigenvalue weighted by Crippen LogP contribution is -2.25. The highest BCUT2D eigenvalue weighted by molar-refractivity contribution is 5.42. The zero-order chi connectivity index (χ0) is 13.2. The van der Waals surface area contributed by atoms with Crippen molar-refractivity contribution in [2.75, 3.05) is 21.3 Å². The Kier molecular flexibility index (Phi) is 3.81. The summed E-state index contributed by atoms with van der Waals surface area (Å²) in [4.78, 5) is 0. The molecule has 0 aliphatic heterocycles. The van der Waals surface area contributed by atoms with E-state index >= 15 is 0 Å². The van der Waals surface area contributed by atoms with Crippen molar-refractivity contribution in [2.24, 2.45) is 0 Å². The van der Waals surface area contributed by atoms with Crippen molar-refractivity contribution in [2.45, 2.75) is 37.6 Å². The van der Waals surface area contributed by atoms with E-state index in [0.29, 0.717) is 6.04 Å². The summed E-state index contributed by atoms with van der Waals surface area (Å²) >= 11 is 0. The molecule has 0 spiro atoms. The highest BCUT2D eigenvalue weighted by atomic mass is 16.5. The zero-order valence-corrected chi connectivity index (χ0v) is 11.7. The lowest BCUT2D eigenvalue weighted by atomic mass is 9.80. The summed E-state index contributed by atoms with van der Waals surface area (Å²) in [6, 6.07) is 6.82. The van der Waals surface area contributed by atoms with Gasteiger partial charge >= 0.3 is 0 Å². The fraction of sp³-hybridized carbons (Fsp3) is 0.600. The standard InChI is InChI=1S/C15H23NO2/c1-15(6-5-12(10-15)16-2)11-7-13(17-3)9-14(8-11)18-4/h7-9,12,16H,5-6,10H2,1-4H3. The van der Waals surface area contributed by atoms with Gasteiger partial charge in [0.2, 0.25) is 0 Å². The number of nitrogens with one attached hydrogen (secondary N) is 1. The van der Waals surface area contributed by atoms with Gasteiger partial charge in [0.05, 0.1) is 14.2 Å². The molecular formula is C15H23NO2. The maximum Gasteiger partial charge on any atom is 0.122 e. The van der Waals surface area contributed by atoms with Crippen LogP contribution in [-0.2, 0) is 5.41 Å². The van der Waals surface area contributed by atoms with Gasteiger partial charge in [-0.05, 0) is 49.4 Å². The van der Waals surface area contributed by atoms with E-state index < -0.39 is 0 Å². The molecule has 0 saturated heterocycles. The number of hydrogen-bond donors (Lipinski definition) is 1. The second-order valence-electron chi connectivity index (χ2n) is 5.39. The van der Waals surface area contributed by atoms with Gasteiger partial charge in [-0.2, -0.15) is 0 Å². The topological polar surface area (TPSA) is 30.5 Å². The number of rotatable bonds is 4. The van der Waals surface area contributed by atoms with E-state index in [4.69, 9.17) is 9.47 Å². The molecule has 1 aliphatic carbocycles. The van der Waals surface area contributed by atoms with Crippen molar-refractivity contribution in [3.8, 4) is 11.5 Å². The van der Waals surface area contributed by atoms with Crippen LogP contribution in [0.5, 0.6) is 11.5 Å². The third kappa shape index (κ3) is 2.46. The molecule has 3 nitrogen and oxygen atoms in total. The summed E-state index contributed by atoms with van der Waals surface area (Å²) in [5, 5.41) is 3.38. The van der Waals surface area contributed by atoms with Crippen LogP contribution < -0.4 is 14.8 Å². The van der Waals surface area contributed by atoms with E-state index in [9.17, 15) is 0 Å². The monoisotopic (exact) mass is 249 g/mol. The summed E-state index contributed by atoms with van der Waals surface area (Å²) in [5.41, 5.74) is 1.53. The maximum atomic E-state index is 5.36. The molecular weight excluding hydrogens is 226 g/mol. The minimum absolute atomic E-state index is 0.218. The van der Waals surface area contributed by atoms with Gasteiger partial charge in [0.25, 0.3) is 0 Å². The van der Waals surface area contributed by atoms with Gasteiger partial charge in [0, 0.05) is 12.1 Å². The molecule has 1 aliphatic rings. The fourth-order valence-electron chi connectivity index (χ4n) is 2.91. The van der Waals surface area contributed by atoms with Crippen LogP contribution in [0, 0.1) is 0 Å². The van der Waals surface area contributed by atoms with Gasteiger partial charge < -0.3 is 14.8 Å². The van der Waals surface area contributed by atoms with E-state index in [1.807, 2.05) is 13.1 Å². The summed E-state index contributed by atoms with van der Waals surface area (Å²) < 4.78 is 10.7. The Labute approximate surface area is 109 Å². The van der Waals surface area contributed by atoms with Crippen LogP contribution in [0.25, 0.3) is 0 Å². The van der Waals surface area contributed by atoms with Crippen molar-refractivity contribution in [1.82, 2.24) is 5.32 Å². The fourth-order valence-corrected chi connectivity index (χ4v) is 2.91. The second kappa shape index (κ2) is 5.19. The summed E-state index contributed by atoms with van der Waals surface area (Å²) in [6.45, 7) is 2.33. The van der Waals surface area contributed by atoms with Crippen LogP contribution in [0.1, 0.15) is 31.7 Å². The Morgan fingerprint density at radius 1 is 1.17 bits per heavy atom. The molecule has 1 fully saturated rings. The largest absolute Gasteiger partial charge is 0.497 e.